The molecule has 2 aromatic heterocycles. The summed E-state index contributed by atoms with van der Waals surface area (Å²) in [4.78, 5) is 4.09. The van der Waals surface area contributed by atoms with E-state index in [4.69, 9.17) is 5.26 Å². The fourth-order valence-electron chi connectivity index (χ4n) is 1.14. The van der Waals surface area contributed by atoms with Crippen molar-refractivity contribution in [3.8, 4) is 6.07 Å². The second-order valence-electron chi connectivity index (χ2n) is 2.87. The normalized spacial score (nSPS) is 9.87. The van der Waals surface area contributed by atoms with Gasteiger partial charge in [-0.1, -0.05) is 11.3 Å². The summed E-state index contributed by atoms with van der Waals surface area (Å²) >= 11 is 3.34. The SMILES string of the molecule is N#Cc1cn(Cc2cccnc2Br)nn1. The van der Waals surface area contributed by atoms with Crippen LogP contribution in [-0.4, -0.2) is 20.0 Å². The Balaban J connectivity index is 2.23. The first-order chi connectivity index (χ1) is 7.29. The molecule has 0 aliphatic rings. The van der Waals surface area contributed by atoms with E-state index in [9.17, 15) is 0 Å². The molecule has 0 aliphatic heterocycles. The molecule has 2 heterocycles. The van der Waals surface area contributed by atoms with Crippen molar-refractivity contribution < 1.29 is 0 Å². The zero-order valence-electron chi connectivity index (χ0n) is 7.63. The van der Waals surface area contributed by atoms with Crippen LogP contribution in [0.1, 0.15) is 11.3 Å². The van der Waals surface area contributed by atoms with Crippen molar-refractivity contribution in [3.05, 3.63) is 40.4 Å². The van der Waals surface area contributed by atoms with Gasteiger partial charge in [0.1, 0.15) is 10.7 Å². The lowest BCUT2D eigenvalue weighted by molar-refractivity contribution is 0.646. The molecule has 0 amide bonds. The molecule has 0 fully saturated rings. The molecular formula is C9H6BrN5. The van der Waals surface area contributed by atoms with Gasteiger partial charge >= 0.3 is 0 Å². The lowest BCUT2D eigenvalue weighted by Gasteiger charge is -2.01. The predicted molar refractivity (Wildman–Crippen MR) is 55.8 cm³/mol. The molecule has 2 rings (SSSR count). The van der Waals surface area contributed by atoms with Crippen molar-refractivity contribution in [2.45, 2.75) is 6.54 Å². The predicted octanol–water partition coefficient (Wildman–Crippen LogP) is 1.36. The molecular weight excluding hydrogens is 258 g/mol. The summed E-state index contributed by atoms with van der Waals surface area (Å²) < 4.78 is 2.37. The maximum atomic E-state index is 8.58. The Bertz CT molecular complexity index is 513. The summed E-state index contributed by atoms with van der Waals surface area (Å²) in [6, 6.07) is 5.71. The van der Waals surface area contributed by atoms with E-state index in [0.29, 0.717) is 12.2 Å². The molecule has 0 radical (unpaired) electrons. The Labute approximate surface area is 94.5 Å². The van der Waals surface area contributed by atoms with E-state index in [-0.39, 0.29) is 0 Å². The van der Waals surface area contributed by atoms with Gasteiger partial charge in [0.15, 0.2) is 5.69 Å². The first kappa shape index (κ1) is 9.80. The third-order valence-electron chi connectivity index (χ3n) is 1.82. The number of nitrogens with zero attached hydrogens (tertiary/aromatic N) is 5. The van der Waals surface area contributed by atoms with Crippen molar-refractivity contribution in [2.24, 2.45) is 0 Å². The molecule has 0 N–H and O–H groups in total. The van der Waals surface area contributed by atoms with Crippen molar-refractivity contribution in [3.63, 3.8) is 0 Å². The van der Waals surface area contributed by atoms with Crippen LogP contribution in [0.3, 0.4) is 0 Å². The number of hydrogen-bond donors (Lipinski definition) is 0. The van der Waals surface area contributed by atoms with Gasteiger partial charge in [0.05, 0.1) is 12.7 Å². The summed E-state index contributed by atoms with van der Waals surface area (Å²) in [6.07, 6.45) is 3.30. The van der Waals surface area contributed by atoms with E-state index < -0.39 is 0 Å². The molecule has 0 spiro atoms. The number of pyridine rings is 1. The zero-order valence-corrected chi connectivity index (χ0v) is 9.22. The largest absolute Gasteiger partial charge is 0.249 e. The highest BCUT2D eigenvalue weighted by atomic mass is 79.9. The van der Waals surface area contributed by atoms with Gasteiger partial charge in [0.25, 0.3) is 0 Å². The fourth-order valence-corrected chi connectivity index (χ4v) is 1.51. The Morgan fingerprint density at radius 1 is 1.53 bits per heavy atom. The minimum Gasteiger partial charge on any atom is -0.249 e. The van der Waals surface area contributed by atoms with Crippen molar-refractivity contribution in [1.29, 1.82) is 5.26 Å². The van der Waals surface area contributed by atoms with Gasteiger partial charge in [-0.2, -0.15) is 5.26 Å². The maximum absolute atomic E-state index is 8.58. The highest BCUT2D eigenvalue weighted by molar-refractivity contribution is 9.10. The maximum Gasteiger partial charge on any atom is 0.182 e. The second-order valence-corrected chi connectivity index (χ2v) is 3.62. The zero-order chi connectivity index (χ0) is 10.7. The second kappa shape index (κ2) is 4.19. The van der Waals surface area contributed by atoms with Crippen molar-refractivity contribution in [2.75, 3.05) is 0 Å². The smallest absolute Gasteiger partial charge is 0.182 e. The van der Waals surface area contributed by atoms with Crippen LogP contribution in [0.25, 0.3) is 0 Å². The summed E-state index contributed by atoms with van der Waals surface area (Å²) in [5.41, 5.74) is 1.31. The monoisotopic (exact) mass is 263 g/mol. The fraction of sp³-hybridized carbons (Fsp3) is 0.111. The molecule has 0 atom stereocenters. The molecule has 15 heavy (non-hydrogen) atoms. The van der Waals surface area contributed by atoms with Gasteiger partial charge in [0, 0.05) is 11.8 Å². The van der Waals surface area contributed by atoms with Gasteiger partial charge in [-0.25, -0.2) is 9.67 Å². The molecule has 74 valence electrons. The van der Waals surface area contributed by atoms with Crippen LogP contribution >= 0.6 is 15.9 Å². The van der Waals surface area contributed by atoms with Crippen LogP contribution in [0.5, 0.6) is 0 Å². The standard InChI is InChI=1S/C9H6BrN5/c10-9-7(2-1-3-12-9)5-15-6-8(4-11)13-14-15/h1-3,6H,5H2. The average Bonchev–Trinajstić information content (AvgIpc) is 2.69. The van der Waals surface area contributed by atoms with Crippen LogP contribution in [0.2, 0.25) is 0 Å². The van der Waals surface area contributed by atoms with E-state index in [1.165, 1.54) is 0 Å². The van der Waals surface area contributed by atoms with Crippen LogP contribution in [0, 0.1) is 11.3 Å². The van der Waals surface area contributed by atoms with Gasteiger partial charge in [0.2, 0.25) is 0 Å². The minimum absolute atomic E-state index is 0.315. The Morgan fingerprint density at radius 3 is 3.07 bits per heavy atom. The number of hydrogen-bond acceptors (Lipinski definition) is 4. The molecule has 0 saturated carbocycles. The lowest BCUT2D eigenvalue weighted by atomic mass is 10.3. The van der Waals surface area contributed by atoms with Gasteiger partial charge in [-0.05, 0) is 22.0 Å². The molecule has 0 unspecified atom stereocenters. The average molecular weight is 264 g/mol. The van der Waals surface area contributed by atoms with Gasteiger partial charge in [-0.3, -0.25) is 0 Å². The summed E-state index contributed by atoms with van der Waals surface area (Å²) in [7, 11) is 0. The molecule has 6 heteroatoms. The van der Waals surface area contributed by atoms with E-state index in [2.05, 4.69) is 31.2 Å². The van der Waals surface area contributed by atoms with Crippen LogP contribution in [0.4, 0.5) is 0 Å². The van der Waals surface area contributed by atoms with E-state index in [1.54, 1.807) is 17.1 Å². The topological polar surface area (TPSA) is 67.4 Å². The highest BCUT2D eigenvalue weighted by Crippen LogP contribution is 2.13. The Hall–Kier alpha value is -1.74. The quantitative estimate of drug-likeness (QED) is 0.768. The first-order valence-corrected chi connectivity index (χ1v) is 4.98. The van der Waals surface area contributed by atoms with Crippen LogP contribution < -0.4 is 0 Å². The summed E-state index contributed by atoms with van der Waals surface area (Å²) in [6.45, 7) is 0.545. The number of nitriles is 1. The number of aromatic nitrogens is 4. The first-order valence-electron chi connectivity index (χ1n) is 4.19. The summed E-state index contributed by atoms with van der Waals surface area (Å²) in [5, 5.41) is 16.1. The molecule has 0 saturated heterocycles. The molecule has 5 nitrogen and oxygen atoms in total. The van der Waals surface area contributed by atoms with Gasteiger partial charge < -0.3 is 0 Å². The van der Waals surface area contributed by atoms with E-state index in [1.807, 2.05) is 18.2 Å². The van der Waals surface area contributed by atoms with Crippen molar-refractivity contribution in [1.82, 2.24) is 20.0 Å². The van der Waals surface area contributed by atoms with Crippen LogP contribution in [-0.2, 0) is 6.54 Å². The van der Waals surface area contributed by atoms with Gasteiger partial charge in [-0.15, -0.1) is 5.10 Å². The number of rotatable bonds is 2. The number of halogens is 1. The van der Waals surface area contributed by atoms with Crippen molar-refractivity contribution >= 4 is 15.9 Å². The third kappa shape index (κ3) is 2.19. The van der Waals surface area contributed by atoms with E-state index >= 15 is 0 Å². The molecule has 0 aliphatic carbocycles. The summed E-state index contributed by atoms with van der Waals surface area (Å²) in [5.74, 6) is 0. The van der Waals surface area contributed by atoms with Crippen LogP contribution in [0.15, 0.2) is 29.1 Å². The molecule has 2 aromatic rings. The molecule has 0 bridgehead atoms. The Kier molecular flexibility index (Phi) is 2.74. The highest BCUT2D eigenvalue weighted by Gasteiger charge is 2.03. The minimum atomic E-state index is 0.315. The lowest BCUT2D eigenvalue weighted by Crippen LogP contribution is -2.01. The third-order valence-corrected chi connectivity index (χ3v) is 2.54. The molecule has 0 aromatic carbocycles. The van der Waals surface area contributed by atoms with E-state index in [0.717, 1.165) is 10.2 Å². The Morgan fingerprint density at radius 2 is 2.40 bits per heavy atom.